The molecule has 0 unspecified atom stereocenters. The van der Waals surface area contributed by atoms with Crippen molar-refractivity contribution in [2.24, 2.45) is 0 Å². The van der Waals surface area contributed by atoms with Gasteiger partial charge in [0.05, 0.1) is 5.69 Å². The molecule has 0 saturated carbocycles. The quantitative estimate of drug-likeness (QED) is 0.671. The molecular formula is C17H16BrN3OS. The Morgan fingerprint density at radius 2 is 2.26 bits per heavy atom. The van der Waals surface area contributed by atoms with Crippen molar-refractivity contribution in [2.75, 3.05) is 6.54 Å². The number of hydrogen-bond donors (Lipinski definition) is 0. The van der Waals surface area contributed by atoms with Crippen LogP contribution in [0.25, 0.3) is 5.65 Å². The Hall–Kier alpha value is -1.50. The fourth-order valence-corrected chi connectivity index (χ4v) is 4.49. The lowest BCUT2D eigenvalue weighted by molar-refractivity contribution is 0.189. The van der Waals surface area contributed by atoms with Gasteiger partial charge in [-0.1, -0.05) is 0 Å². The molecule has 23 heavy (non-hydrogen) atoms. The van der Waals surface area contributed by atoms with Gasteiger partial charge >= 0.3 is 0 Å². The van der Waals surface area contributed by atoms with Crippen LogP contribution in [0.4, 0.5) is 0 Å². The molecule has 0 radical (unpaired) electrons. The van der Waals surface area contributed by atoms with Gasteiger partial charge < -0.3 is 0 Å². The second kappa shape index (κ2) is 5.85. The first-order valence-corrected chi connectivity index (χ1v) is 9.27. The van der Waals surface area contributed by atoms with E-state index in [1.54, 1.807) is 16.7 Å². The van der Waals surface area contributed by atoms with E-state index in [0.29, 0.717) is 18.2 Å². The van der Waals surface area contributed by atoms with Gasteiger partial charge in [-0.2, -0.15) is 0 Å². The molecule has 4 nitrogen and oxygen atoms in total. The molecule has 0 aliphatic carbocycles. The number of pyridine rings is 1. The van der Waals surface area contributed by atoms with E-state index >= 15 is 0 Å². The number of aromatic nitrogens is 2. The van der Waals surface area contributed by atoms with Gasteiger partial charge in [0.15, 0.2) is 0 Å². The first-order valence-electron chi connectivity index (χ1n) is 7.60. The van der Waals surface area contributed by atoms with Crippen LogP contribution in [0.1, 0.15) is 29.1 Å². The topological polar surface area (TPSA) is 37.6 Å². The Morgan fingerprint density at radius 3 is 3.13 bits per heavy atom. The second-order valence-corrected chi connectivity index (χ2v) is 7.77. The first kappa shape index (κ1) is 15.1. The van der Waals surface area contributed by atoms with Crippen LogP contribution in [-0.2, 0) is 13.0 Å². The molecule has 4 rings (SSSR count). The fourth-order valence-electron chi connectivity index (χ4n) is 3.19. The molecule has 4 heterocycles. The maximum Gasteiger partial charge on any atom is 0.258 e. The molecule has 3 aromatic rings. The molecule has 0 spiro atoms. The van der Waals surface area contributed by atoms with E-state index in [9.17, 15) is 4.79 Å². The molecule has 0 fully saturated rings. The average Bonchev–Trinajstić information content (AvgIpc) is 3.00. The standard InChI is InChI=1S/C17H16BrN3OS/c1-11-14-5-7-23-15(14)4-6-20(11)10-13-8-17(22)21-9-12(18)2-3-16(21)19-13/h2-3,5,7-9,11H,4,6,10H2,1H3/t11-/m0/s1. The van der Waals surface area contributed by atoms with Crippen LogP contribution in [0.5, 0.6) is 0 Å². The summed E-state index contributed by atoms with van der Waals surface area (Å²) in [5.74, 6) is 0. The zero-order valence-electron chi connectivity index (χ0n) is 12.7. The lowest BCUT2D eigenvalue weighted by Crippen LogP contribution is -2.33. The Bertz CT molecular complexity index is 933. The van der Waals surface area contributed by atoms with Crippen molar-refractivity contribution in [1.29, 1.82) is 0 Å². The highest BCUT2D eigenvalue weighted by atomic mass is 79.9. The molecule has 118 valence electrons. The third-order valence-electron chi connectivity index (χ3n) is 4.45. The molecule has 1 aliphatic rings. The third-order valence-corrected chi connectivity index (χ3v) is 5.91. The number of halogens is 1. The Labute approximate surface area is 146 Å². The lowest BCUT2D eigenvalue weighted by atomic mass is 10.0. The van der Waals surface area contributed by atoms with Gasteiger partial charge in [0.1, 0.15) is 5.65 Å². The Morgan fingerprint density at radius 1 is 1.39 bits per heavy atom. The SMILES string of the molecule is C[C@H]1c2ccsc2CCN1Cc1cc(=O)n2cc(Br)ccc2n1. The van der Waals surface area contributed by atoms with Crippen molar-refractivity contribution in [2.45, 2.75) is 25.9 Å². The predicted molar refractivity (Wildman–Crippen MR) is 96.0 cm³/mol. The largest absolute Gasteiger partial charge is 0.290 e. The lowest BCUT2D eigenvalue weighted by Gasteiger charge is -2.33. The highest BCUT2D eigenvalue weighted by Gasteiger charge is 2.25. The maximum atomic E-state index is 12.3. The molecule has 0 saturated heterocycles. The molecular weight excluding hydrogens is 374 g/mol. The Kier molecular flexibility index (Phi) is 3.83. The molecule has 0 aromatic carbocycles. The smallest absolute Gasteiger partial charge is 0.258 e. The molecule has 6 heteroatoms. The van der Waals surface area contributed by atoms with Crippen molar-refractivity contribution < 1.29 is 0 Å². The summed E-state index contributed by atoms with van der Waals surface area (Å²) in [5, 5.41) is 2.17. The van der Waals surface area contributed by atoms with Gasteiger partial charge in [0.25, 0.3) is 5.56 Å². The summed E-state index contributed by atoms with van der Waals surface area (Å²) in [6, 6.07) is 8.01. The van der Waals surface area contributed by atoms with Crippen LogP contribution in [-0.4, -0.2) is 20.8 Å². The molecule has 1 aliphatic heterocycles. The maximum absolute atomic E-state index is 12.3. The molecule has 3 aromatic heterocycles. The van der Waals surface area contributed by atoms with E-state index in [0.717, 1.165) is 23.1 Å². The van der Waals surface area contributed by atoms with Crippen LogP contribution in [0.15, 0.2) is 45.1 Å². The minimum Gasteiger partial charge on any atom is -0.290 e. The summed E-state index contributed by atoms with van der Waals surface area (Å²) in [6.07, 6.45) is 2.84. The summed E-state index contributed by atoms with van der Waals surface area (Å²) in [7, 11) is 0. The first-order chi connectivity index (χ1) is 11.1. The van der Waals surface area contributed by atoms with E-state index in [1.807, 2.05) is 23.5 Å². The summed E-state index contributed by atoms with van der Waals surface area (Å²) in [5.41, 5.74) is 2.91. The van der Waals surface area contributed by atoms with Gasteiger partial charge in [-0.15, -0.1) is 11.3 Å². The monoisotopic (exact) mass is 389 g/mol. The zero-order valence-corrected chi connectivity index (χ0v) is 15.1. The number of nitrogens with zero attached hydrogens (tertiary/aromatic N) is 3. The van der Waals surface area contributed by atoms with Crippen molar-refractivity contribution in [3.63, 3.8) is 0 Å². The van der Waals surface area contributed by atoms with Gasteiger partial charge in [0.2, 0.25) is 0 Å². The van der Waals surface area contributed by atoms with Crippen LogP contribution < -0.4 is 5.56 Å². The number of fused-ring (bicyclic) bond motifs is 2. The number of rotatable bonds is 2. The van der Waals surface area contributed by atoms with Crippen LogP contribution >= 0.6 is 27.3 Å². The predicted octanol–water partition coefficient (Wildman–Crippen LogP) is 3.64. The zero-order chi connectivity index (χ0) is 16.0. The molecule has 0 N–H and O–H groups in total. The summed E-state index contributed by atoms with van der Waals surface area (Å²) in [4.78, 5) is 20.9. The van der Waals surface area contributed by atoms with E-state index < -0.39 is 0 Å². The van der Waals surface area contributed by atoms with Crippen molar-refractivity contribution in [3.05, 3.63) is 66.8 Å². The summed E-state index contributed by atoms with van der Waals surface area (Å²) < 4.78 is 2.45. The summed E-state index contributed by atoms with van der Waals surface area (Å²) >= 11 is 5.23. The average molecular weight is 390 g/mol. The van der Waals surface area contributed by atoms with E-state index in [2.05, 4.69) is 44.2 Å². The minimum atomic E-state index is -0.0350. The van der Waals surface area contributed by atoms with Gasteiger partial charge in [-0.3, -0.25) is 14.1 Å². The summed E-state index contributed by atoms with van der Waals surface area (Å²) in [6.45, 7) is 3.95. The van der Waals surface area contributed by atoms with Crippen LogP contribution in [0, 0.1) is 0 Å². The number of thiophene rings is 1. The minimum absolute atomic E-state index is 0.0350. The van der Waals surface area contributed by atoms with Gasteiger partial charge in [0, 0.05) is 40.7 Å². The van der Waals surface area contributed by atoms with E-state index in [4.69, 9.17) is 0 Å². The normalized spacial score (nSPS) is 18.3. The fraction of sp³-hybridized carbons (Fsp3) is 0.294. The van der Waals surface area contributed by atoms with Crippen molar-refractivity contribution >= 4 is 32.9 Å². The third kappa shape index (κ3) is 2.75. The molecule has 1 atom stereocenters. The van der Waals surface area contributed by atoms with Crippen LogP contribution in [0.2, 0.25) is 0 Å². The second-order valence-electron chi connectivity index (χ2n) is 5.86. The van der Waals surface area contributed by atoms with Crippen molar-refractivity contribution in [1.82, 2.24) is 14.3 Å². The molecule has 0 bridgehead atoms. The van der Waals surface area contributed by atoms with E-state index in [1.165, 1.54) is 10.4 Å². The molecule has 0 amide bonds. The van der Waals surface area contributed by atoms with Gasteiger partial charge in [-0.25, -0.2) is 4.98 Å². The number of hydrogen-bond acceptors (Lipinski definition) is 4. The highest BCUT2D eigenvalue weighted by molar-refractivity contribution is 9.10. The van der Waals surface area contributed by atoms with Crippen LogP contribution in [0.3, 0.4) is 0 Å². The van der Waals surface area contributed by atoms with Gasteiger partial charge in [-0.05, 0) is 58.4 Å². The van der Waals surface area contributed by atoms with E-state index in [-0.39, 0.29) is 5.56 Å². The Balaban J connectivity index is 1.66. The van der Waals surface area contributed by atoms with Crippen molar-refractivity contribution in [3.8, 4) is 0 Å². The highest BCUT2D eigenvalue weighted by Crippen LogP contribution is 2.33.